The van der Waals surface area contributed by atoms with Crippen LogP contribution in [0.1, 0.15) is 12.8 Å². The lowest BCUT2D eigenvalue weighted by molar-refractivity contribution is 0.331. The molecule has 0 aromatic heterocycles. The van der Waals surface area contributed by atoms with Crippen molar-refractivity contribution in [2.75, 3.05) is 39.6 Å². The second-order valence-corrected chi connectivity index (χ2v) is 4.21. The molecule has 0 aromatic carbocycles. The lowest BCUT2D eigenvalue weighted by atomic mass is 10.1. The monoisotopic (exact) mass is 188 g/mol. The molecule has 1 fully saturated rings. The van der Waals surface area contributed by atoms with Crippen LogP contribution in [0.15, 0.2) is 0 Å². The van der Waals surface area contributed by atoms with Crippen LogP contribution in [-0.4, -0.2) is 49.4 Å². The highest BCUT2D eigenvalue weighted by Gasteiger charge is 2.18. The van der Waals surface area contributed by atoms with Crippen molar-refractivity contribution in [3.8, 4) is 0 Å². The molecule has 0 saturated carbocycles. The zero-order valence-electron chi connectivity index (χ0n) is 8.16. The Labute approximate surface area is 81.3 Å². The minimum Gasteiger partial charge on any atom is -0.306 e. The summed E-state index contributed by atoms with van der Waals surface area (Å²) < 4.78 is 0. The minimum atomic E-state index is 0.878. The minimum absolute atomic E-state index is 0.878. The average Bonchev–Trinajstić information content (AvgIpc) is 2.47. The van der Waals surface area contributed by atoms with E-state index in [9.17, 15) is 0 Å². The van der Waals surface area contributed by atoms with Gasteiger partial charge < -0.3 is 4.90 Å². The molecule has 0 spiro atoms. The first-order chi connectivity index (χ1) is 5.72. The summed E-state index contributed by atoms with van der Waals surface area (Å²) in [6.07, 6.45) is 2.72. The predicted octanol–water partition coefficient (Wildman–Crippen LogP) is 1.15. The third-order valence-electron chi connectivity index (χ3n) is 2.65. The lowest BCUT2D eigenvalue weighted by Crippen LogP contribution is -2.21. The van der Waals surface area contributed by atoms with Crippen LogP contribution in [0, 0.1) is 5.92 Å². The van der Waals surface area contributed by atoms with Gasteiger partial charge in [-0.25, -0.2) is 0 Å². The highest BCUT2D eigenvalue weighted by Crippen LogP contribution is 2.17. The molecule has 1 atom stereocenters. The molecule has 3 heteroatoms. The Balaban J connectivity index is 2.07. The molecule has 2 nitrogen and oxygen atoms in total. The summed E-state index contributed by atoms with van der Waals surface area (Å²) in [6, 6.07) is 0. The quantitative estimate of drug-likeness (QED) is 0.522. The van der Waals surface area contributed by atoms with Crippen LogP contribution in [0.4, 0.5) is 0 Å². The molecule has 1 rings (SSSR count). The van der Waals surface area contributed by atoms with Crippen LogP contribution in [0.2, 0.25) is 0 Å². The van der Waals surface area contributed by atoms with Gasteiger partial charge in [-0.2, -0.15) is 12.6 Å². The van der Waals surface area contributed by atoms with Crippen LogP contribution in [0.5, 0.6) is 0 Å². The van der Waals surface area contributed by atoms with Crippen LogP contribution in [0.3, 0.4) is 0 Å². The number of nitrogens with zero attached hydrogens (tertiary/aromatic N) is 2. The van der Waals surface area contributed by atoms with Crippen molar-refractivity contribution in [3.63, 3.8) is 0 Å². The molecule has 1 heterocycles. The Kier molecular flexibility index (Phi) is 4.40. The highest BCUT2D eigenvalue weighted by atomic mass is 32.1. The van der Waals surface area contributed by atoms with E-state index in [-0.39, 0.29) is 0 Å². The van der Waals surface area contributed by atoms with E-state index in [4.69, 9.17) is 0 Å². The maximum atomic E-state index is 4.23. The smallest absolute Gasteiger partial charge is 0.0411 e. The summed E-state index contributed by atoms with van der Waals surface area (Å²) in [5.41, 5.74) is 0. The Bertz CT molecular complexity index is 130. The van der Waals surface area contributed by atoms with Gasteiger partial charge in [0, 0.05) is 12.4 Å². The van der Waals surface area contributed by atoms with Gasteiger partial charge in [0.25, 0.3) is 0 Å². The first kappa shape index (κ1) is 10.4. The van der Waals surface area contributed by atoms with Gasteiger partial charge in [-0.15, -0.1) is 0 Å². The summed E-state index contributed by atoms with van der Waals surface area (Å²) in [5.74, 6) is 1.81. The van der Waals surface area contributed by atoms with Crippen molar-refractivity contribution < 1.29 is 0 Å². The second kappa shape index (κ2) is 5.10. The van der Waals surface area contributed by atoms with Crippen LogP contribution in [0.25, 0.3) is 0 Å². The van der Waals surface area contributed by atoms with Crippen molar-refractivity contribution in [2.24, 2.45) is 5.92 Å². The summed E-state index contributed by atoms with van der Waals surface area (Å²) in [6.45, 7) is 3.78. The lowest BCUT2D eigenvalue weighted by Gasteiger charge is -2.16. The predicted molar refractivity (Wildman–Crippen MR) is 56.7 cm³/mol. The molecular formula is C9H20N2S. The molecule has 1 saturated heterocycles. The third kappa shape index (κ3) is 3.33. The molecule has 72 valence electrons. The molecule has 0 N–H and O–H groups in total. The normalized spacial score (nSPS) is 25.5. The number of hydrogen-bond acceptors (Lipinski definition) is 3. The van der Waals surface area contributed by atoms with E-state index in [0.717, 1.165) is 11.8 Å². The third-order valence-corrected chi connectivity index (χ3v) is 3.13. The molecule has 0 aliphatic carbocycles. The van der Waals surface area contributed by atoms with Gasteiger partial charge in [0.2, 0.25) is 0 Å². The van der Waals surface area contributed by atoms with Gasteiger partial charge in [-0.1, -0.05) is 0 Å². The molecule has 12 heavy (non-hydrogen) atoms. The van der Waals surface area contributed by atoms with Gasteiger partial charge in [0.15, 0.2) is 0 Å². The first-order valence-corrected chi connectivity index (χ1v) is 5.33. The molecule has 0 amide bonds. The fraction of sp³-hybridized carbons (Fsp3) is 1.00. The zero-order valence-corrected chi connectivity index (χ0v) is 9.06. The molecule has 0 aromatic rings. The van der Waals surface area contributed by atoms with Gasteiger partial charge in [0.1, 0.15) is 0 Å². The SMILES string of the molecule is CN(CS)CCC1CCN(C)C1. The molecule has 1 aliphatic rings. The zero-order chi connectivity index (χ0) is 8.97. The number of rotatable bonds is 4. The number of thiol groups is 1. The Hall–Kier alpha value is 0.270. The van der Waals surface area contributed by atoms with Gasteiger partial charge >= 0.3 is 0 Å². The summed E-state index contributed by atoms with van der Waals surface area (Å²) >= 11 is 4.23. The van der Waals surface area contributed by atoms with Crippen molar-refractivity contribution >= 4 is 12.6 Å². The summed E-state index contributed by atoms with van der Waals surface area (Å²) in [4.78, 5) is 4.69. The average molecular weight is 188 g/mol. The first-order valence-electron chi connectivity index (χ1n) is 4.70. The second-order valence-electron chi connectivity index (χ2n) is 3.93. The van der Waals surface area contributed by atoms with Crippen LogP contribution in [-0.2, 0) is 0 Å². The van der Waals surface area contributed by atoms with E-state index >= 15 is 0 Å². The van der Waals surface area contributed by atoms with E-state index in [0.29, 0.717) is 0 Å². The Morgan fingerprint density at radius 2 is 2.33 bits per heavy atom. The molecule has 0 bridgehead atoms. The summed E-state index contributed by atoms with van der Waals surface area (Å²) in [7, 11) is 4.34. The molecule has 0 radical (unpaired) electrons. The standard InChI is InChI=1S/C9H20N2S/c1-10-5-3-9(7-10)4-6-11(2)8-12/h9,12H,3-8H2,1-2H3. The van der Waals surface area contributed by atoms with Crippen LogP contribution >= 0.6 is 12.6 Å². The van der Waals surface area contributed by atoms with E-state index in [1.54, 1.807) is 0 Å². The maximum Gasteiger partial charge on any atom is 0.0411 e. The van der Waals surface area contributed by atoms with E-state index < -0.39 is 0 Å². The Morgan fingerprint density at radius 1 is 1.58 bits per heavy atom. The largest absolute Gasteiger partial charge is 0.306 e. The number of likely N-dealkylation sites (tertiary alicyclic amines) is 1. The molecule has 1 unspecified atom stereocenters. The summed E-state index contributed by atoms with van der Waals surface area (Å²) in [5, 5.41) is 0. The van der Waals surface area contributed by atoms with E-state index in [1.807, 2.05) is 0 Å². The van der Waals surface area contributed by atoms with E-state index in [2.05, 4.69) is 36.5 Å². The van der Waals surface area contributed by atoms with Gasteiger partial charge in [0.05, 0.1) is 0 Å². The molecular weight excluding hydrogens is 168 g/mol. The Morgan fingerprint density at radius 3 is 2.83 bits per heavy atom. The van der Waals surface area contributed by atoms with Crippen molar-refractivity contribution in [1.82, 2.24) is 9.80 Å². The van der Waals surface area contributed by atoms with Crippen molar-refractivity contribution in [3.05, 3.63) is 0 Å². The van der Waals surface area contributed by atoms with Crippen molar-refractivity contribution in [2.45, 2.75) is 12.8 Å². The van der Waals surface area contributed by atoms with E-state index in [1.165, 1.54) is 32.5 Å². The maximum absolute atomic E-state index is 4.23. The van der Waals surface area contributed by atoms with Gasteiger partial charge in [-0.05, 0) is 45.9 Å². The van der Waals surface area contributed by atoms with Crippen molar-refractivity contribution in [1.29, 1.82) is 0 Å². The molecule has 1 aliphatic heterocycles. The topological polar surface area (TPSA) is 6.48 Å². The fourth-order valence-electron chi connectivity index (χ4n) is 1.74. The highest BCUT2D eigenvalue weighted by molar-refractivity contribution is 7.80. The van der Waals surface area contributed by atoms with Crippen LogP contribution < -0.4 is 0 Å². The van der Waals surface area contributed by atoms with Gasteiger partial charge in [-0.3, -0.25) is 4.90 Å². The fourth-order valence-corrected chi connectivity index (χ4v) is 1.88. The number of hydrogen-bond donors (Lipinski definition) is 1.